The van der Waals surface area contributed by atoms with Gasteiger partial charge >= 0.3 is 24.5 Å². The van der Waals surface area contributed by atoms with Crippen molar-refractivity contribution in [2.45, 2.75) is 38.4 Å². The Bertz CT molecular complexity index is 4630. The maximum atomic E-state index is 14.5. The van der Waals surface area contributed by atoms with E-state index in [2.05, 4.69) is 9.98 Å². The van der Waals surface area contributed by atoms with Gasteiger partial charge in [-0.3, -0.25) is 9.59 Å². The van der Waals surface area contributed by atoms with Crippen molar-refractivity contribution in [2.75, 3.05) is 0 Å². The molecular weight excluding hydrogens is 1110 g/mol. The van der Waals surface area contributed by atoms with Crippen LogP contribution in [0.2, 0.25) is 0 Å². The van der Waals surface area contributed by atoms with Crippen LogP contribution in [-0.4, -0.2) is 50.5 Å². The second-order valence-electron chi connectivity index (χ2n) is 19.5. The molecule has 82 heavy (non-hydrogen) atoms. The first kappa shape index (κ1) is 52.7. The first-order chi connectivity index (χ1) is 39.3. The average Bonchev–Trinajstić information content (AvgIpc) is 2.52. The first-order valence-electron chi connectivity index (χ1n) is 24.9. The molecule has 5 aliphatic rings. The number of hydrogen-bond donors (Lipinski definition) is 1. The summed E-state index contributed by atoms with van der Waals surface area (Å²) >= 11 is 2.13. The molecular formula is C60H34F6N8O6S2. The predicted octanol–water partition coefficient (Wildman–Crippen LogP) is 10.2. The van der Waals surface area contributed by atoms with Gasteiger partial charge in [-0.1, -0.05) is 97.1 Å². The SMILES string of the molecule is N#CC(C#N)=C1/C(=N/c2cc3c(s2)c2c(n3C(=O)OCc3ccccc3)=CC3C=c4c(n(C(=O)OCc5ccccc5)c5cc(/N=C6\C(=O)C7=CCC(CC(F)(F)F)C=C7\C6=C(\N)C#N)sc45)=CC3C=2)C(=O)c2ccc(C(F)(F)F)cc21. The molecule has 3 atom stereocenters. The molecule has 0 saturated heterocycles. The minimum Gasteiger partial charge on any atom is -0.444 e. The first-order valence-corrected chi connectivity index (χ1v) is 26.6. The van der Waals surface area contributed by atoms with E-state index in [0.717, 1.165) is 34.8 Å². The van der Waals surface area contributed by atoms with Gasteiger partial charge in [0, 0.05) is 44.6 Å². The third-order valence-corrected chi connectivity index (χ3v) is 16.5. The number of hydrogen-bond acceptors (Lipinski definition) is 14. The minimum absolute atomic E-state index is 0.0744. The van der Waals surface area contributed by atoms with E-state index in [0.29, 0.717) is 53.2 Å². The van der Waals surface area contributed by atoms with Crippen molar-refractivity contribution in [2.24, 2.45) is 33.5 Å². The summed E-state index contributed by atoms with van der Waals surface area (Å²) in [4.78, 5) is 66.3. The normalized spacial score (nSPS) is 19.5. The Morgan fingerprint density at radius 1 is 0.646 bits per heavy atom. The molecule has 1 fully saturated rings. The molecule has 12 rings (SSSR count). The zero-order valence-corrected chi connectivity index (χ0v) is 43.6. The number of carbonyl (C=O) groups excluding carboxylic acids is 4. The highest BCUT2D eigenvalue weighted by Gasteiger charge is 2.42. The summed E-state index contributed by atoms with van der Waals surface area (Å²) in [6.45, 7) is -0.244. The largest absolute Gasteiger partial charge is 0.444 e. The lowest BCUT2D eigenvalue weighted by molar-refractivity contribution is -0.141. The fraction of sp³-hybridized carbons (Fsp3) is 0.150. The number of halogens is 6. The topological polar surface area (TPSA) is 219 Å². The van der Waals surface area contributed by atoms with Gasteiger partial charge in [0.25, 0.3) is 0 Å². The minimum atomic E-state index is -4.82. The van der Waals surface area contributed by atoms with Crippen molar-refractivity contribution >= 4 is 118 Å². The Labute approximate surface area is 466 Å². The van der Waals surface area contributed by atoms with E-state index in [4.69, 9.17) is 15.2 Å². The number of aromatic nitrogens is 2. The molecule has 4 aromatic heterocycles. The molecule has 0 amide bonds. The van der Waals surface area contributed by atoms with Crippen molar-refractivity contribution < 1.29 is 55.0 Å². The van der Waals surface area contributed by atoms with E-state index in [1.807, 2.05) is 36.4 Å². The zero-order chi connectivity index (χ0) is 57.5. The van der Waals surface area contributed by atoms with Crippen molar-refractivity contribution in [3.63, 3.8) is 0 Å². The molecule has 4 heterocycles. The molecule has 3 aromatic carbocycles. The Hall–Kier alpha value is -9.95. The van der Waals surface area contributed by atoms with Crippen LogP contribution < -0.4 is 26.9 Å². The average molecular weight is 1140 g/mol. The number of ether oxygens (including phenoxy) is 2. The van der Waals surface area contributed by atoms with Crippen LogP contribution in [0.1, 0.15) is 45.5 Å². The van der Waals surface area contributed by atoms with Crippen molar-refractivity contribution in [1.82, 2.24) is 9.13 Å². The molecule has 404 valence electrons. The van der Waals surface area contributed by atoms with Crippen LogP contribution in [-0.2, 0) is 33.7 Å². The van der Waals surface area contributed by atoms with Gasteiger partial charge in [-0.05, 0) is 64.9 Å². The monoisotopic (exact) mass is 1140 g/mol. The highest BCUT2D eigenvalue weighted by Crippen LogP contribution is 2.44. The lowest BCUT2D eigenvalue weighted by Crippen LogP contribution is -2.42. The summed E-state index contributed by atoms with van der Waals surface area (Å²) in [5.41, 5.74) is 4.48. The van der Waals surface area contributed by atoms with Crippen LogP contribution in [0, 0.1) is 51.7 Å². The van der Waals surface area contributed by atoms with Gasteiger partial charge in [-0.25, -0.2) is 28.7 Å². The van der Waals surface area contributed by atoms with Crippen LogP contribution in [0.15, 0.2) is 141 Å². The summed E-state index contributed by atoms with van der Waals surface area (Å²) in [5, 5.41) is 32.1. The number of Topliss-reactive ketones (excluding diaryl/α,β-unsaturated/α-hetero) is 2. The molecule has 0 radical (unpaired) electrons. The zero-order valence-electron chi connectivity index (χ0n) is 41.9. The van der Waals surface area contributed by atoms with Crippen molar-refractivity contribution in [1.29, 1.82) is 15.8 Å². The molecule has 0 aliphatic heterocycles. The summed E-state index contributed by atoms with van der Waals surface area (Å²) in [7, 11) is 0. The van der Waals surface area contributed by atoms with E-state index in [1.165, 1.54) is 27.4 Å². The fourth-order valence-electron chi connectivity index (χ4n) is 10.9. The van der Waals surface area contributed by atoms with Crippen molar-refractivity contribution in [3.8, 4) is 18.2 Å². The fourth-order valence-corrected chi connectivity index (χ4v) is 13.0. The lowest BCUT2D eigenvalue weighted by atomic mass is 9.84. The van der Waals surface area contributed by atoms with E-state index >= 15 is 0 Å². The molecule has 5 aliphatic carbocycles. The Morgan fingerprint density at radius 3 is 1.66 bits per heavy atom. The third kappa shape index (κ3) is 9.15. The van der Waals surface area contributed by atoms with Crippen LogP contribution >= 0.6 is 22.7 Å². The number of ketones is 2. The Kier molecular flexibility index (Phi) is 12.9. The standard InChI is InChI=1S/C60H34F6N8O6S2/c61-59(62,63)23-31-11-13-36-38(15-31)50(42(70)26-69)52(54(36)76)72-48-22-46-56(82-48)41-17-33-18-43-40(16-32(33)19-44(41)74(46)58(78)80-28-30-9-5-2-6-10-30)55-45(73(43)57(77)79-27-29-7-3-1-4-8-29)21-47(81-55)71-51-49(34(24-67)25-68)39-20-35(60(64,65)66)12-14-37(39)53(51)75/h1-10,12-22,31-33H,11,23,27-28,70H2/b50-42-,71-51-,72-52-. The Balaban J connectivity index is 1.01. The molecule has 3 unspecified atom stereocenters. The molecule has 2 N–H and O–H groups in total. The van der Waals surface area contributed by atoms with Crippen LogP contribution in [0.5, 0.6) is 0 Å². The summed E-state index contributed by atoms with van der Waals surface area (Å²) in [6.07, 6.45) is -1.94. The van der Waals surface area contributed by atoms with E-state index in [-0.39, 0.29) is 74.3 Å². The summed E-state index contributed by atoms with van der Waals surface area (Å²) < 4.78 is 97.9. The highest BCUT2D eigenvalue weighted by molar-refractivity contribution is 7.23. The van der Waals surface area contributed by atoms with Gasteiger partial charge < -0.3 is 15.2 Å². The van der Waals surface area contributed by atoms with Gasteiger partial charge in [-0.15, -0.1) is 22.7 Å². The number of fused-ring (bicyclic) bond motifs is 9. The van der Waals surface area contributed by atoms with Crippen molar-refractivity contribution in [3.05, 3.63) is 180 Å². The number of aliphatic imine (C=N–C) groups is 2. The molecule has 7 aromatic rings. The van der Waals surface area contributed by atoms with Gasteiger partial charge in [0.05, 0.1) is 43.1 Å². The molecule has 22 heteroatoms. The van der Waals surface area contributed by atoms with Crippen LogP contribution in [0.3, 0.4) is 0 Å². The molecule has 0 bridgehead atoms. The predicted molar refractivity (Wildman–Crippen MR) is 292 cm³/mol. The lowest BCUT2D eigenvalue weighted by Gasteiger charge is -2.21. The number of benzene rings is 3. The van der Waals surface area contributed by atoms with E-state index in [9.17, 15) is 61.3 Å². The number of nitrogens with two attached hydrogens (primary N) is 1. The second-order valence-corrected chi connectivity index (χ2v) is 21.6. The number of carbonyl (C=O) groups is 4. The maximum Gasteiger partial charge on any atom is 0.419 e. The molecule has 0 spiro atoms. The number of thiophene rings is 2. The number of allylic oxidation sites excluding steroid dienone is 8. The van der Waals surface area contributed by atoms with Crippen LogP contribution in [0.4, 0.5) is 45.9 Å². The van der Waals surface area contributed by atoms with Gasteiger partial charge in [-0.2, -0.15) is 42.1 Å². The van der Waals surface area contributed by atoms with E-state index < -0.39 is 82.8 Å². The number of alkyl halides is 6. The van der Waals surface area contributed by atoms with E-state index in [1.54, 1.807) is 72.8 Å². The summed E-state index contributed by atoms with van der Waals surface area (Å²) in [6, 6.07) is 28.5. The molecule has 14 nitrogen and oxygen atoms in total. The number of rotatable bonds is 7. The molecule has 1 saturated carbocycles. The number of nitriles is 3. The number of nitrogens with zero attached hydrogens (tertiary/aromatic N) is 7. The smallest absolute Gasteiger partial charge is 0.419 e. The van der Waals surface area contributed by atoms with Gasteiger partial charge in [0.15, 0.2) is 0 Å². The second kappa shape index (κ2) is 20.0. The van der Waals surface area contributed by atoms with Gasteiger partial charge in [0.2, 0.25) is 11.6 Å². The maximum absolute atomic E-state index is 14.5. The highest BCUT2D eigenvalue weighted by atomic mass is 32.1. The summed E-state index contributed by atoms with van der Waals surface area (Å²) in [5.74, 6) is -3.50. The third-order valence-electron chi connectivity index (χ3n) is 14.4. The quantitative estimate of drug-likeness (QED) is 0.118. The Morgan fingerprint density at radius 2 is 1.17 bits per heavy atom. The van der Waals surface area contributed by atoms with Gasteiger partial charge in [0.1, 0.15) is 64.1 Å². The van der Waals surface area contributed by atoms with Crippen LogP contribution in [0.25, 0.3) is 50.3 Å².